The third-order valence-corrected chi connectivity index (χ3v) is 4.29. The molecule has 1 saturated heterocycles. The monoisotopic (exact) mass is 318 g/mol. The summed E-state index contributed by atoms with van der Waals surface area (Å²) in [6, 6.07) is 4.86. The van der Waals surface area contributed by atoms with Gasteiger partial charge in [0.15, 0.2) is 0 Å². The summed E-state index contributed by atoms with van der Waals surface area (Å²) in [6.45, 7) is 4.34. The molecule has 3 rings (SSSR count). The number of pyridine rings is 1. The molecule has 1 aliphatic heterocycles. The van der Waals surface area contributed by atoms with E-state index in [2.05, 4.69) is 15.2 Å². The molecule has 0 amide bonds. The number of aliphatic hydroxyl groups is 1. The topological polar surface area (TPSA) is 51.6 Å². The second-order valence-corrected chi connectivity index (χ2v) is 5.89. The average Bonchev–Trinajstić information content (AvgIpc) is 2.83. The van der Waals surface area contributed by atoms with Gasteiger partial charge in [-0.3, -0.25) is 0 Å². The van der Waals surface area contributed by atoms with E-state index in [9.17, 15) is 4.39 Å². The molecule has 23 heavy (non-hydrogen) atoms. The van der Waals surface area contributed by atoms with Gasteiger partial charge in [0.25, 0.3) is 0 Å². The molecule has 1 aliphatic rings. The van der Waals surface area contributed by atoms with Crippen molar-refractivity contribution < 1.29 is 9.50 Å². The van der Waals surface area contributed by atoms with Crippen molar-refractivity contribution in [3.05, 3.63) is 30.2 Å². The molecule has 2 aromatic rings. The second kappa shape index (κ2) is 7.10. The molecule has 1 aromatic carbocycles. The van der Waals surface area contributed by atoms with Crippen molar-refractivity contribution in [1.82, 2.24) is 10.3 Å². The molecular weight excluding hydrogens is 295 g/mol. The van der Waals surface area contributed by atoms with Gasteiger partial charge in [-0.05, 0) is 31.2 Å². The largest absolute Gasteiger partial charge is 0.395 e. The molecule has 0 aliphatic carbocycles. The van der Waals surface area contributed by atoms with Crippen LogP contribution in [0.2, 0.25) is 0 Å². The van der Waals surface area contributed by atoms with Crippen molar-refractivity contribution in [2.75, 3.05) is 56.2 Å². The van der Waals surface area contributed by atoms with E-state index in [-0.39, 0.29) is 12.4 Å². The van der Waals surface area contributed by atoms with Crippen molar-refractivity contribution in [3.63, 3.8) is 0 Å². The van der Waals surface area contributed by atoms with Crippen LogP contribution in [-0.2, 0) is 0 Å². The van der Waals surface area contributed by atoms with Crippen LogP contribution in [0.4, 0.5) is 15.9 Å². The first-order valence-electron chi connectivity index (χ1n) is 8.06. The van der Waals surface area contributed by atoms with Crippen LogP contribution in [0.25, 0.3) is 10.8 Å². The Bertz CT molecular complexity index is 671. The maximum atomic E-state index is 13.8. The fourth-order valence-electron chi connectivity index (χ4n) is 3.08. The fraction of sp³-hybridized carbons (Fsp3) is 0.471. The minimum atomic E-state index is -0.271. The molecule has 2 heterocycles. The van der Waals surface area contributed by atoms with E-state index >= 15 is 0 Å². The molecular formula is C17H23FN4O. The summed E-state index contributed by atoms with van der Waals surface area (Å²) < 4.78 is 13.8. The predicted octanol–water partition coefficient (Wildman–Crippen LogP) is 1.60. The van der Waals surface area contributed by atoms with Crippen LogP contribution in [0, 0.1) is 5.82 Å². The Morgan fingerprint density at radius 2 is 2.17 bits per heavy atom. The van der Waals surface area contributed by atoms with Crippen LogP contribution in [0.5, 0.6) is 0 Å². The zero-order chi connectivity index (χ0) is 16.2. The zero-order valence-electron chi connectivity index (χ0n) is 13.4. The highest BCUT2D eigenvalue weighted by Crippen LogP contribution is 2.32. The summed E-state index contributed by atoms with van der Waals surface area (Å²) in [7, 11) is 1.86. The lowest BCUT2D eigenvalue weighted by Gasteiger charge is -2.26. The molecule has 0 unspecified atom stereocenters. The molecule has 0 saturated carbocycles. The zero-order valence-corrected chi connectivity index (χ0v) is 13.4. The van der Waals surface area contributed by atoms with Crippen molar-refractivity contribution in [3.8, 4) is 0 Å². The number of benzene rings is 1. The van der Waals surface area contributed by atoms with Crippen molar-refractivity contribution in [1.29, 1.82) is 0 Å². The summed E-state index contributed by atoms with van der Waals surface area (Å²) in [5.41, 5.74) is 1.05. The molecule has 1 fully saturated rings. The average molecular weight is 318 g/mol. The van der Waals surface area contributed by atoms with E-state index in [1.54, 1.807) is 0 Å². The summed E-state index contributed by atoms with van der Waals surface area (Å²) in [5, 5.41) is 14.3. The molecule has 6 heteroatoms. The number of halogens is 1. The third kappa shape index (κ3) is 3.38. The van der Waals surface area contributed by atoms with Crippen molar-refractivity contribution in [2.24, 2.45) is 0 Å². The Hall–Kier alpha value is -1.92. The smallest absolute Gasteiger partial charge is 0.136 e. The lowest BCUT2D eigenvalue weighted by molar-refractivity contribution is 0.304. The normalized spacial score (nSPS) is 15.7. The molecule has 0 spiro atoms. The van der Waals surface area contributed by atoms with Gasteiger partial charge in [-0.2, -0.15) is 0 Å². The second-order valence-electron chi connectivity index (χ2n) is 5.89. The number of aliphatic hydroxyl groups excluding tert-OH is 1. The summed E-state index contributed by atoms with van der Waals surface area (Å²) in [6.07, 6.45) is 2.95. The molecule has 0 bridgehead atoms. The fourth-order valence-corrected chi connectivity index (χ4v) is 3.08. The minimum Gasteiger partial charge on any atom is -0.395 e. The lowest BCUT2D eigenvalue weighted by atomic mass is 10.1. The Balaban J connectivity index is 2.08. The van der Waals surface area contributed by atoms with Crippen LogP contribution in [0.3, 0.4) is 0 Å². The Morgan fingerprint density at radius 3 is 3.00 bits per heavy atom. The third-order valence-electron chi connectivity index (χ3n) is 4.29. The standard InChI is InChI=1S/C17H23FN4O/c1-21(9-10-23)17-15-11-13(18)3-4-14(15)16(12-20-17)22-7-2-5-19-6-8-22/h3-4,11-12,19,23H,2,5-10H2,1H3. The molecule has 2 N–H and O–H groups in total. The SMILES string of the molecule is CN(CCO)c1ncc(N2CCCNCC2)c2ccc(F)cc12. The first kappa shape index (κ1) is 16.0. The van der Waals surface area contributed by atoms with Crippen LogP contribution in [0.1, 0.15) is 6.42 Å². The maximum Gasteiger partial charge on any atom is 0.136 e. The first-order valence-corrected chi connectivity index (χ1v) is 8.06. The van der Waals surface area contributed by atoms with Gasteiger partial charge in [-0.25, -0.2) is 9.37 Å². The minimum absolute atomic E-state index is 0.0362. The highest BCUT2D eigenvalue weighted by atomic mass is 19.1. The maximum absolute atomic E-state index is 13.8. The van der Waals surface area contributed by atoms with E-state index in [4.69, 9.17) is 5.11 Å². The molecule has 5 nitrogen and oxygen atoms in total. The number of rotatable bonds is 4. The number of hydrogen-bond acceptors (Lipinski definition) is 5. The molecule has 124 valence electrons. The first-order chi connectivity index (χ1) is 11.2. The lowest BCUT2D eigenvalue weighted by Crippen LogP contribution is -2.28. The van der Waals surface area contributed by atoms with Gasteiger partial charge in [0.2, 0.25) is 0 Å². The van der Waals surface area contributed by atoms with Gasteiger partial charge in [0.05, 0.1) is 18.5 Å². The van der Waals surface area contributed by atoms with Gasteiger partial charge in [0.1, 0.15) is 11.6 Å². The van der Waals surface area contributed by atoms with E-state index in [1.807, 2.05) is 24.2 Å². The van der Waals surface area contributed by atoms with Crippen molar-refractivity contribution in [2.45, 2.75) is 6.42 Å². The van der Waals surface area contributed by atoms with E-state index in [0.717, 1.165) is 49.1 Å². The van der Waals surface area contributed by atoms with Crippen LogP contribution < -0.4 is 15.1 Å². The summed E-state index contributed by atoms with van der Waals surface area (Å²) >= 11 is 0. The number of nitrogens with zero attached hydrogens (tertiary/aromatic N) is 3. The Labute approximate surface area is 135 Å². The molecule has 0 radical (unpaired) electrons. The van der Waals surface area contributed by atoms with Gasteiger partial charge in [0, 0.05) is 44.0 Å². The van der Waals surface area contributed by atoms with Gasteiger partial charge < -0.3 is 20.2 Å². The Morgan fingerprint density at radius 1 is 1.30 bits per heavy atom. The van der Waals surface area contributed by atoms with E-state index < -0.39 is 0 Å². The van der Waals surface area contributed by atoms with E-state index in [0.29, 0.717) is 12.4 Å². The number of anilines is 2. The molecule has 1 aromatic heterocycles. The number of aromatic nitrogens is 1. The highest BCUT2D eigenvalue weighted by Gasteiger charge is 2.17. The predicted molar refractivity (Wildman–Crippen MR) is 91.8 cm³/mol. The van der Waals surface area contributed by atoms with Crippen LogP contribution in [-0.4, -0.2) is 56.5 Å². The quantitative estimate of drug-likeness (QED) is 0.897. The summed E-state index contributed by atoms with van der Waals surface area (Å²) in [5.74, 6) is 0.429. The number of nitrogens with one attached hydrogen (secondary N) is 1. The van der Waals surface area contributed by atoms with Gasteiger partial charge in [-0.15, -0.1) is 0 Å². The summed E-state index contributed by atoms with van der Waals surface area (Å²) in [4.78, 5) is 8.72. The van der Waals surface area contributed by atoms with Gasteiger partial charge >= 0.3 is 0 Å². The Kier molecular flexibility index (Phi) is 4.93. The number of hydrogen-bond donors (Lipinski definition) is 2. The van der Waals surface area contributed by atoms with Gasteiger partial charge in [-0.1, -0.05) is 0 Å². The number of likely N-dealkylation sites (N-methyl/N-ethyl adjacent to an activating group) is 1. The van der Waals surface area contributed by atoms with Crippen molar-refractivity contribution >= 4 is 22.3 Å². The number of fused-ring (bicyclic) bond motifs is 1. The molecule has 0 atom stereocenters. The van der Waals surface area contributed by atoms with Crippen LogP contribution in [0.15, 0.2) is 24.4 Å². The van der Waals surface area contributed by atoms with E-state index in [1.165, 1.54) is 12.1 Å². The highest BCUT2D eigenvalue weighted by molar-refractivity contribution is 6.00. The van der Waals surface area contributed by atoms with Crippen LogP contribution >= 0.6 is 0 Å².